The van der Waals surface area contributed by atoms with Gasteiger partial charge in [-0.25, -0.2) is 0 Å². The van der Waals surface area contributed by atoms with Crippen LogP contribution in [-0.4, -0.2) is 47.0 Å². The first-order valence-electron chi connectivity index (χ1n) is 4.81. The normalized spacial score (nSPS) is 32.2. The smallest absolute Gasteiger partial charge is 0.0692 e. The van der Waals surface area contributed by atoms with E-state index >= 15 is 0 Å². The zero-order chi connectivity index (χ0) is 8.97. The van der Waals surface area contributed by atoms with E-state index in [0.717, 1.165) is 26.1 Å². The number of nitrogens with zero attached hydrogens (tertiary/aromatic N) is 1. The number of aliphatic hydroxyl groups is 2. The third-order valence-corrected chi connectivity index (χ3v) is 2.31. The maximum atomic E-state index is 9.35. The molecule has 1 heterocycles. The number of likely N-dealkylation sites (tertiary alicyclic amines) is 1. The first-order valence-corrected chi connectivity index (χ1v) is 4.81. The summed E-state index contributed by atoms with van der Waals surface area (Å²) in [4.78, 5) is 2.14. The molecule has 0 bridgehead atoms. The minimum Gasteiger partial charge on any atom is -0.392 e. The highest BCUT2D eigenvalue weighted by Crippen LogP contribution is 2.11. The van der Waals surface area contributed by atoms with Crippen LogP contribution in [0, 0.1) is 0 Å². The zero-order valence-corrected chi connectivity index (χ0v) is 7.74. The summed E-state index contributed by atoms with van der Waals surface area (Å²) in [6.07, 6.45) is 2.21. The monoisotopic (exact) mass is 173 g/mol. The van der Waals surface area contributed by atoms with Crippen LogP contribution in [0.4, 0.5) is 0 Å². The van der Waals surface area contributed by atoms with Crippen LogP contribution in [0.5, 0.6) is 0 Å². The van der Waals surface area contributed by atoms with Gasteiger partial charge in [-0.15, -0.1) is 0 Å². The summed E-state index contributed by atoms with van der Waals surface area (Å²) in [5.74, 6) is 0. The molecule has 0 amide bonds. The number of unbranched alkanes of at least 4 members (excludes halogenated alkanes) is 1. The summed E-state index contributed by atoms with van der Waals surface area (Å²) in [6.45, 7) is 4.62. The average Bonchev–Trinajstić information content (AvgIpc) is 1.99. The Morgan fingerprint density at radius 2 is 1.83 bits per heavy atom. The molecule has 1 aliphatic heterocycles. The van der Waals surface area contributed by atoms with Crippen LogP contribution in [0.25, 0.3) is 0 Å². The van der Waals surface area contributed by atoms with E-state index in [9.17, 15) is 10.2 Å². The van der Waals surface area contributed by atoms with E-state index in [1.165, 1.54) is 6.42 Å². The lowest BCUT2D eigenvalue weighted by atomic mass is 10.1. The lowest BCUT2D eigenvalue weighted by Crippen LogP contribution is -2.45. The molecule has 2 atom stereocenters. The predicted octanol–water partition coefficient (Wildman–Crippen LogP) is 0.214. The van der Waals surface area contributed by atoms with Gasteiger partial charge >= 0.3 is 0 Å². The Labute approximate surface area is 74.0 Å². The van der Waals surface area contributed by atoms with Gasteiger partial charge in [0.2, 0.25) is 0 Å². The Bertz CT molecular complexity index is 120. The molecular formula is C9H19NO2. The topological polar surface area (TPSA) is 43.7 Å². The van der Waals surface area contributed by atoms with E-state index in [2.05, 4.69) is 11.8 Å². The first kappa shape index (κ1) is 9.96. The van der Waals surface area contributed by atoms with Crippen LogP contribution in [0.1, 0.15) is 26.2 Å². The van der Waals surface area contributed by atoms with Crippen molar-refractivity contribution in [3.05, 3.63) is 0 Å². The fourth-order valence-corrected chi connectivity index (χ4v) is 1.70. The lowest BCUT2D eigenvalue weighted by Gasteiger charge is -2.33. The molecule has 0 unspecified atom stereocenters. The summed E-state index contributed by atoms with van der Waals surface area (Å²) < 4.78 is 0. The molecule has 1 saturated heterocycles. The Morgan fingerprint density at radius 1 is 1.25 bits per heavy atom. The first-order chi connectivity index (χ1) is 5.72. The van der Waals surface area contributed by atoms with E-state index in [1.54, 1.807) is 0 Å². The third kappa shape index (κ3) is 3.09. The van der Waals surface area contributed by atoms with Crippen LogP contribution < -0.4 is 0 Å². The number of rotatable bonds is 3. The van der Waals surface area contributed by atoms with Gasteiger partial charge in [-0.05, 0) is 13.0 Å². The zero-order valence-electron chi connectivity index (χ0n) is 7.74. The second kappa shape index (κ2) is 4.80. The van der Waals surface area contributed by atoms with Crippen molar-refractivity contribution in [2.75, 3.05) is 19.6 Å². The predicted molar refractivity (Wildman–Crippen MR) is 48.0 cm³/mol. The number of hydrogen-bond acceptors (Lipinski definition) is 3. The standard InChI is InChI=1S/C9H19NO2/c1-2-3-4-10-6-8(11)5-9(12)7-10/h8-9,11-12H,2-7H2,1H3/t8-,9+. The highest BCUT2D eigenvalue weighted by molar-refractivity contribution is 4.77. The molecule has 0 spiro atoms. The second-order valence-corrected chi connectivity index (χ2v) is 3.66. The van der Waals surface area contributed by atoms with Gasteiger partial charge in [0.05, 0.1) is 12.2 Å². The molecule has 72 valence electrons. The summed E-state index contributed by atoms with van der Waals surface area (Å²) >= 11 is 0. The van der Waals surface area contributed by atoms with E-state index in [1.807, 2.05) is 0 Å². The van der Waals surface area contributed by atoms with Gasteiger partial charge in [0, 0.05) is 19.5 Å². The van der Waals surface area contributed by atoms with Crippen LogP contribution >= 0.6 is 0 Å². The molecule has 3 heteroatoms. The summed E-state index contributed by atoms with van der Waals surface area (Å²) in [6, 6.07) is 0. The molecule has 0 saturated carbocycles. The largest absolute Gasteiger partial charge is 0.392 e. The fourth-order valence-electron chi connectivity index (χ4n) is 1.70. The summed E-state index contributed by atoms with van der Waals surface area (Å²) in [5, 5.41) is 18.7. The van der Waals surface area contributed by atoms with E-state index in [4.69, 9.17) is 0 Å². The quantitative estimate of drug-likeness (QED) is 0.641. The third-order valence-electron chi connectivity index (χ3n) is 2.31. The molecule has 0 aromatic rings. The Hall–Kier alpha value is -0.120. The Kier molecular flexibility index (Phi) is 3.98. The van der Waals surface area contributed by atoms with Crippen molar-refractivity contribution in [2.45, 2.75) is 38.4 Å². The SMILES string of the molecule is CCCCN1C[C@H](O)C[C@H](O)C1. The van der Waals surface area contributed by atoms with Crippen molar-refractivity contribution in [1.29, 1.82) is 0 Å². The molecule has 1 rings (SSSR count). The Balaban J connectivity index is 2.24. The number of β-amino-alcohol motifs (C(OH)–C–C–N with tert-alkyl or cyclic N) is 2. The molecule has 2 N–H and O–H groups in total. The lowest BCUT2D eigenvalue weighted by molar-refractivity contribution is -0.00824. The molecule has 0 radical (unpaired) electrons. The maximum Gasteiger partial charge on any atom is 0.0692 e. The van der Waals surface area contributed by atoms with Crippen LogP contribution in [-0.2, 0) is 0 Å². The fraction of sp³-hybridized carbons (Fsp3) is 1.00. The molecule has 1 aliphatic rings. The average molecular weight is 173 g/mol. The molecule has 12 heavy (non-hydrogen) atoms. The summed E-state index contributed by atoms with van der Waals surface area (Å²) in [5.41, 5.74) is 0. The second-order valence-electron chi connectivity index (χ2n) is 3.66. The van der Waals surface area contributed by atoms with Gasteiger partial charge in [0.15, 0.2) is 0 Å². The van der Waals surface area contributed by atoms with Crippen molar-refractivity contribution in [1.82, 2.24) is 4.90 Å². The summed E-state index contributed by atoms with van der Waals surface area (Å²) in [7, 11) is 0. The molecule has 3 nitrogen and oxygen atoms in total. The minimum atomic E-state index is -0.328. The Morgan fingerprint density at radius 3 is 2.33 bits per heavy atom. The van der Waals surface area contributed by atoms with E-state index in [-0.39, 0.29) is 12.2 Å². The molecule has 0 aliphatic carbocycles. The van der Waals surface area contributed by atoms with E-state index < -0.39 is 0 Å². The number of hydrogen-bond donors (Lipinski definition) is 2. The van der Waals surface area contributed by atoms with Crippen molar-refractivity contribution in [3.63, 3.8) is 0 Å². The van der Waals surface area contributed by atoms with Crippen molar-refractivity contribution < 1.29 is 10.2 Å². The number of aliphatic hydroxyl groups excluding tert-OH is 2. The van der Waals surface area contributed by atoms with Gasteiger partial charge in [0.25, 0.3) is 0 Å². The number of piperidine rings is 1. The van der Waals surface area contributed by atoms with Crippen molar-refractivity contribution in [3.8, 4) is 0 Å². The van der Waals surface area contributed by atoms with Gasteiger partial charge in [-0.3, -0.25) is 4.90 Å². The molecular weight excluding hydrogens is 154 g/mol. The highest BCUT2D eigenvalue weighted by atomic mass is 16.3. The molecule has 1 fully saturated rings. The van der Waals surface area contributed by atoms with Gasteiger partial charge in [-0.2, -0.15) is 0 Å². The van der Waals surface area contributed by atoms with Crippen molar-refractivity contribution in [2.24, 2.45) is 0 Å². The molecule has 0 aromatic carbocycles. The van der Waals surface area contributed by atoms with Crippen LogP contribution in [0.2, 0.25) is 0 Å². The highest BCUT2D eigenvalue weighted by Gasteiger charge is 2.23. The van der Waals surface area contributed by atoms with Gasteiger partial charge < -0.3 is 10.2 Å². The van der Waals surface area contributed by atoms with Crippen molar-refractivity contribution >= 4 is 0 Å². The van der Waals surface area contributed by atoms with Gasteiger partial charge in [-0.1, -0.05) is 13.3 Å². The molecule has 0 aromatic heterocycles. The van der Waals surface area contributed by atoms with Gasteiger partial charge in [0.1, 0.15) is 0 Å². The minimum absolute atomic E-state index is 0.328. The van der Waals surface area contributed by atoms with Crippen LogP contribution in [0.3, 0.4) is 0 Å². The maximum absolute atomic E-state index is 9.35. The van der Waals surface area contributed by atoms with Crippen LogP contribution in [0.15, 0.2) is 0 Å². The van der Waals surface area contributed by atoms with E-state index in [0.29, 0.717) is 6.42 Å².